The van der Waals surface area contributed by atoms with Gasteiger partial charge in [-0.2, -0.15) is 9.78 Å². The summed E-state index contributed by atoms with van der Waals surface area (Å²) in [5.41, 5.74) is 9.21. The Balaban J connectivity index is 2.03. The highest BCUT2D eigenvalue weighted by atomic mass is 16.6. The van der Waals surface area contributed by atoms with Gasteiger partial charge in [0.2, 0.25) is 0 Å². The van der Waals surface area contributed by atoms with E-state index in [2.05, 4.69) is 11.2 Å². The second-order valence-corrected chi connectivity index (χ2v) is 8.00. The second-order valence-electron chi connectivity index (χ2n) is 8.00. The second kappa shape index (κ2) is 6.21. The van der Waals surface area contributed by atoms with Gasteiger partial charge in [0.15, 0.2) is 0 Å². The highest BCUT2D eigenvalue weighted by Crippen LogP contribution is 2.47. The largest absolute Gasteiger partial charge is 0.442 e. The van der Waals surface area contributed by atoms with Crippen molar-refractivity contribution >= 4 is 11.8 Å². The Morgan fingerprint density at radius 2 is 1.96 bits per heavy atom. The van der Waals surface area contributed by atoms with Crippen molar-refractivity contribution in [1.82, 2.24) is 9.78 Å². The van der Waals surface area contributed by atoms with Crippen molar-refractivity contribution in [2.45, 2.75) is 64.4 Å². The normalized spacial score (nSPS) is 16.8. The van der Waals surface area contributed by atoms with Gasteiger partial charge in [0.1, 0.15) is 5.60 Å². The number of hydrogen-bond donors (Lipinski definition) is 1. The number of benzene rings is 1. The van der Waals surface area contributed by atoms with E-state index in [4.69, 9.17) is 10.5 Å². The minimum Gasteiger partial charge on any atom is -0.442 e. The monoisotopic (exact) mass is 341 g/mol. The molecule has 1 aromatic heterocycles. The first-order valence-electron chi connectivity index (χ1n) is 8.87. The van der Waals surface area contributed by atoms with Crippen molar-refractivity contribution in [3.05, 3.63) is 47.3 Å². The van der Waals surface area contributed by atoms with Crippen molar-refractivity contribution in [2.24, 2.45) is 0 Å². The lowest BCUT2D eigenvalue weighted by molar-refractivity contribution is 0.0513. The molecule has 5 nitrogen and oxygen atoms in total. The van der Waals surface area contributed by atoms with Crippen LogP contribution in [0.1, 0.15) is 63.3 Å². The molecule has 5 heteroatoms. The van der Waals surface area contributed by atoms with E-state index in [1.165, 1.54) is 10.2 Å². The lowest BCUT2D eigenvalue weighted by atomic mass is 9.75. The minimum atomic E-state index is -0.546. The third-order valence-electron chi connectivity index (χ3n) is 4.83. The average Bonchev–Trinajstić information content (AvgIpc) is 3.13. The van der Waals surface area contributed by atoms with Crippen LogP contribution in [0.15, 0.2) is 30.5 Å². The molecule has 3 rings (SSSR count). The number of anilines is 1. The minimum absolute atomic E-state index is 0.174. The van der Waals surface area contributed by atoms with Gasteiger partial charge in [-0.05, 0) is 63.8 Å². The Kier molecular flexibility index (Phi) is 4.35. The van der Waals surface area contributed by atoms with E-state index in [1.54, 1.807) is 6.20 Å². The number of hydrogen-bond acceptors (Lipinski definition) is 4. The number of aryl methyl sites for hydroxylation is 1. The summed E-state index contributed by atoms with van der Waals surface area (Å²) < 4.78 is 6.79. The molecule has 0 bridgehead atoms. The van der Waals surface area contributed by atoms with Crippen LogP contribution in [-0.2, 0) is 10.2 Å². The fourth-order valence-electron chi connectivity index (χ4n) is 3.81. The summed E-state index contributed by atoms with van der Waals surface area (Å²) in [6.07, 6.45) is 5.66. The third kappa shape index (κ3) is 3.41. The van der Waals surface area contributed by atoms with E-state index in [9.17, 15) is 4.79 Å². The van der Waals surface area contributed by atoms with Crippen LogP contribution in [0, 0.1) is 6.92 Å². The lowest BCUT2D eigenvalue weighted by Gasteiger charge is -2.29. The zero-order chi connectivity index (χ0) is 18.2. The van der Waals surface area contributed by atoms with E-state index in [0.29, 0.717) is 0 Å². The molecule has 0 radical (unpaired) electrons. The maximum atomic E-state index is 12.4. The van der Waals surface area contributed by atoms with Crippen LogP contribution < -0.4 is 5.73 Å². The molecule has 134 valence electrons. The Bertz CT molecular complexity index is 780. The van der Waals surface area contributed by atoms with Gasteiger partial charge in [0.25, 0.3) is 0 Å². The molecule has 0 saturated heterocycles. The van der Waals surface area contributed by atoms with E-state index in [0.717, 1.165) is 42.6 Å². The molecule has 0 spiro atoms. The number of carbonyl (C=O) groups is 1. The third-order valence-corrected chi connectivity index (χ3v) is 4.83. The molecule has 1 aliphatic rings. The number of rotatable bonds is 2. The summed E-state index contributed by atoms with van der Waals surface area (Å²) in [4.78, 5) is 12.4. The van der Waals surface area contributed by atoms with Crippen LogP contribution >= 0.6 is 0 Å². The topological polar surface area (TPSA) is 70.1 Å². The van der Waals surface area contributed by atoms with E-state index in [1.807, 2.05) is 45.9 Å². The van der Waals surface area contributed by atoms with Crippen LogP contribution in [0.25, 0.3) is 0 Å². The van der Waals surface area contributed by atoms with Crippen LogP contribution in [-0.4, -0.2) is 21.5 Å². The van der Waals surface area contributed by atoms with E-state index in [-0.39, 0.29) is 5.41 Å². The number of nitrogens with zero attached hydrogens (tertiary/aromatic N) is 2. The summed E-state index contributed by atoms with van der Waals surface area (Å²) in [5, 5.41) is 4.66. The van der Waals surface area contributed by atoms with Gasteiger partial charge in [-0.1, -0.05) is 25.0 Å². The summed E-state index contributed by atoms with van der Waals surface area (Å²) in [7, 11) is 0. The SMILES string of the molecule is Cc1cn(C(=O)OC(C)(C)C)nc1C1(c2cccc(N)c2)CCCC1. The molecule has 1 aromatic carbocycles. The van der Waals surface area contributed by atoms with E-state index >= 15 is 0 Å². The number of nitrogen functional groups attached to an aromatic ring is 1. The Hall–Kier alpha value is -2.30. The van der Waals surface area contributed by atoms with Crippen LogP contribution in [0.5, 0.6) is 0 Å². The first-order valence-corrected chi connectivity index (χ1v) is 8.87. The molecule has 25 heavy (non-hydrogen) atoms. The summed E-state index contributed by atoms with van der Waals surface area (Å²) in [5.74, 6) is 0. The molecule has 0 unspecified atom stereocenters. The van der Waals surface area contributed by atoms with Crippen molar-refractivity contribution in [2.75, 3.05) is 5.73 Å². The Morgan fingerprint density at radius 3 is 2.56 bits per heavy atom. The molecule has 1 aliphatic carbocycles. The highest BCUT2D eigenvalue weighted by Gasteiger charge is 2.41. The van der Waals surface area contributed by atoms with Gasteiger partial charge in [-0.3, -0.25) is 0 Å². The van der Waals surface area contributed by atoms with Crippen molar-refractivity contribution in [3.63, 3.8) is 0 Å². The zero-order valence-electron chi connectivity index (χ0n) is 15.5. The molecule has 0 amide bonds. The first kappa shape index (κ1) is 17.5. The van der Waals surface area contributed by atoms with Crippen molar-refractivity contribution < 1.29 is 9.53 Å². The van der Waals surface area contributed by atoms with Crippen LogP contribution in [0.2, 0.25) is 0 Å². The van der Waals surface area contributed by atoms with Gasteiger partial charge in [-0.25, -0.2) is 4.79 Å². The molecule has 2 N–H and O–H groups in total. The number of ether oxygens (including phenoxy) is 1. The standard InChI is InChI=1S/C20H27N3O2/c1-14-13-23(18(24)25-19(2,3)4)22-17(14)20(10-5-6-11-20)15-8-7-9-16(21)12-15/h7-9,12-13H,5-6,10-11,21H2,1-4H3. The molecular formula is C20H27N3O2. The molecule has 2 aromatic rings. The Labute approximate surface area is 149 Å². The molecule has 0 atom stereocenters. The lowest BCUT2D eigenvalue weighted by Crippen LogP contribution is -2.29. The van der Waals surface area contributed by atoms with E-state index < -0.39 is 11.7 Å². The Morgan fingerprint density at radius 1 is 1.28 bits per heavy atom. The fourth-order valence-corrected chi connectivity index (χ4v) is 3.81. The van der Waals surface area contributed by atoms with Crippen LogP contribution in [0.4, 0.5) is 10.5 Å². The smallest absolute Gasteiger partial charge is 0.435 e. The zero-order valence-corrected chi connectivity index (χ0v) is 15.5. The molecule has 0 aliphatic heterocycles. The van der Waals surface area contributed by atoms with Gasteiger partial charge in [-0.15, -0.1) is 0 Å². The first-order chi connectivity index (χ1) is 11.7. The van der Waals surface area contributed by atoms with Gasteiger partial charge < -0.3 is 10.5 Å². The van der Waals surface area contributed by atoms with Gasteiger partial charge >= 0.3 is 6.09 Å². The number of nitrogens with two attached hydrogens (primary N) is 1. The predicted molar refractivity (Wildman–Crippen MR) is 98.7 cm³/mol. The van der Waals surface area contributed by atoms with Gasteiger partial charge in [0, 0.05) is 17.3 Å². The molecule has 1 heterocycles. The maximum Gasteiger partial charge on any atom is 0.435 e. The molecule has 1 fully saturated rings. The summed E-state index contributed by atoms with van der Waals surface area (Å²) >= 11 is 0. The highest BCUT2D eigenvalue weighted by molar-refractivity contribution is 5.70. The molecular weight excluding hydrogens is 314 g/mol. The fraction of sp³-hybridized carbons (Fsp3) is 0.500. The summed E-state index contributed by atoms with van der Waals surface area (Å²) in [6, 6.07) is 8.05. The number of aromatic nitrogens is 2. The maximum absolute atomic E-state index is 12.4. The predicted octanol–water partition coefficient (Wildman–Crippen LogP) is 4.42. The van der Waals surface area contributed by atoms with Crippen LogP contribution in [0.3, 0.4) is 0 Å². The average molecular weight is 341 g/mol. The number of carbonyl (C=O) groups excluding carboxylic acids is 1. The van der Waals surface area contributed by atoms with Crippen molar-refractivity contribution in [3.8, 4) is 0 Å². The summed E-state index contributed by atoms with van der Waals surface area (Å²) in [6.45, 7) is 7.57. The molecule has 1 saturated carbocycles. The van der Waals surface area contributed by atoms with Gasteiger partial charge in [0.05, 0.1) is 5.69 Å². The quantitative estimate of drug-likeness (QED) is 0.821. The van der Waals surface area contributed by atoms with Crippen molar-refractivity contribution in [1.29, 1.82) is 0 Å².